The van der Waals surface area contributed by atoms with Crippen molar-refractivity contribution in [1.29, 1.82) is 0 Å². The molecule has 1 aromatic heterocycles. The molecule has 0 amide bonds. The summed E-state index contributed by atoms with van der Waals surface area (Å²) in [5.41, 5.74) is 1.36. The predicted octanol–water partition coefficient (Wildman–Crippen LogP) is 0.875. The van der Waals surface area contributed by atoms with Crippen molar-refractivity contribution >= 4 is 0 Å². The number of hydrogen-bond donors (Lipinski definition) is 1. The van der Waals surface area contributed by atoms with Gasteiger partial charge in [-0.15, -0.1) is 0 Å². The molecule has 1 N–H and O–H groups in total. The van der Waals surface area contributed by atoms with Crippen LogP contribution in [0.25, 0.3) is 0 Å². The third-order valence-corrected chi connectivity index (χ3v) is 2.77. The van der Waals surface area contributed by atoms with Crippen LogP contribution in [0.1, 0.15) is 12.5 Å². The van der Waals surface area contributed by atoms with Crippen LogP contribution < -0.4 is 5.32 Å². The third-order valence-electron chi connectivity index (χ3n) is 2.77. The predicted molar refractivity (Wildman–Crippen MR) is 57.0 cm³/mol. The van der Waals surface area contributed by atoms with Crippen molar-refractivity contribution in [3.63, 3.8) is 0 Å². The van der Waals surface area contributed by atoms with Gasteiger partial charge in [-0.25, -0.2) is 0 Å². The highest BCUT2D eigenvalue weighted by Gasteiger charge is 2.17. The fourth-order valence-electron chi connectivity index (χ4n) is 1.84. The van der Waals surface area contributed by atoms with E-state index in [2.05, 4.69) is 34.3 Å². The summed E-state index contributed by atoms with van der Waals surface area (Å²) in [7, 11) is 0. The van der Waals surface area contributed by atoms with Gasteiger partial charge in [0.1, 0.15) is 0 Å². The molecule has 1 atom stereocenters. The molecule has 76 valence electrons. The zero-order valence-corrected chi connectivity index (χ0v) is 8.61. The summed E-state index contributed by atoms with van der Waals surface area (Å²) in [6, 6.07) is 4.82. The molecule has 0 radical (unpaired) electrons. The third kappa shape index (κ3) is 2.30. The Hall–Kier alpha value is -0.930. The van der Waals surface area contributed by atoms with Crippen LogP contribution in [0.3, 0.4) is 0 Å². The molecule has 0 saturated carbocycles. The van der Waals surface area contributed by atoms with Crippen molar-refractivity contribution in [2.75, 3.05) is 19.6 Å². The van der Waals surface area contributed by atoms with E-state index < -0.39 is 0 Å². The minimum absolute atomic E-state index is 0.636. The van der Waals surface area contributed by atoms with Gasteiger partial charge in [0.05, 0.1) is 0 Å². The van der Waals surface area contributed by atoms with E-state index in [0.29, 0.717) is 6.04 Å². The van der Waals surface area contributed by atoms with Gasteiger partial charge in [-0.05, 0) is 24.6 Å². The maximum Gasteiger partial charge on any atom is 0.0271 e. The molecule has 0 bridgehead atoms. The zero-order chi connectivity index (χ0) is 9.80. The van der Waals surface area contributed by atoms with Crippen molar-refractivity contribution in [3.05, 3.63) is 30.1 Å². The molecule has 1 fully saturated rings. The largest absolute Gasteiger partial charge is 0.314 e. The van der Waals surface area contributed by atoms with Crippen LogP contribution in [0.15, 0.2) is 24.5 Å². The quantitative estimate of drug-likeness (QED) is 0.752. The SMILES string of the molecule is CC1CNCCN1Cc1ccncc1. The molecule has 0 aromatic carbocycles. The molecule has 1 aliphatic rings. The number of nitrogens with one attached hydrogen (secondary N) is 1. The molecule has 14 heavy (non-hydrogen) atoms. The highest BCUT2D eigenvalue weighted by Crippen LogP contribution is 2.08. The highest BCUT2D eigenvalue weighted by molar-refractivity contribution is 5.09. The van der Waals surface area contributed by atoms with Crippen LogP contribution in [0, 0.1) is 0 Å². The number of pyridine rings is 1. The lowest BCUT2D eigenvalue weighted by molar-refractivity contribution is 0.165. The van der Waals surface area contributed by atoms with Crippen molar-refractivity contribution in [2.24, 2.45) is 0 Å². The lowest BCUT2D eigenvalue weighted by atomic mass is 10.2. The van der Waals surface area contributed by atoms with Crippen LogP contribution in [-0.4, -0.2) is 35.6 Å². The number of hydrogen-bond acceptors (Lipinski definition) is 3. The first-order valence-corrected chi connectivity index (χ1v) is 5.20. The van der Waals surface area contributed by atoms with E-state index in [1.807, 2.05) is 12.4 Å². The Balaban J connectivity index is 1.96. The lowest BCUT2D eigenvalue weighted by Gasteiger charge is -2.33. The summed E-state index contributed by atoms with van der Waals surface area (Å²) in [6.45, 7) is 6.67. The summed E-state index contributed by atoms with van der Waals surface area (Å²) in [5.74, 6) is 0. The molecule has 1 unspecified atom stereocenters. The van der Waals surface area contributed by atoms with Crippen molar-refractivity contribution < 1.29 is 0 Å². The van der Waals surface area contributed by atoms with E-state index in [1.54, 1.807) is 0 Å². The van der Waals surface area contributed by atoms with Gasteiger partial charge in [-0.1, -0.05) is 0 Å². The van der Waals surface area contributed by atoms with E-state index in [1.165, 1.54) is 5.56 Å². The first kappa shape index (κ1) is 9.62. The van der Waals surface area contributed by atoms with Gasteiger partial charge in [0, 0.05) is 44.6 Å². The van der Waals surface area contributed by atoms with Crippen molar-refractivity contribution in [2.45, 2.75) is 19.5 Å². The molecule has 2 heterocycles. The smallest absolute Gasteiger partial charge is 0.0271 e. The topological polar surface area (TPSA) is 28.2 Å². The molecule has 2 rings (SSSR count). The summed E-state index contributed by atoms with van der Waals surface area (Å²) < 4.78 is 0. The number of nitrogens with zero attached hydrogens (tertiary/aromatic N) is 2. The van der Waals surface area contributed by atoms with Crippen LogP contribution in [0.5, 0.6) is 0 Å². The van der Waals surface area contributed by atoms with Gasteiger partial charge in [0.25, 0.3) is 0 Å². The average Bonchev–Trinajstić information content (AvgIpc) is 2.23. The van der Waals surface area contributed by atoms with Crippen LogP contribution in [0.4, 0.5) is 0 Å². The van der Waals surface area contributed by atoms with E-state index in [-0.39, 0.29) is 0 Å². The van der Waals surface area contributed by atoms with E-state index in [9.17, 15) is 0 Å². The van der Waals surface area contributed by atoms with Gasteiger partial charge < -0.3 is 5.32 Å². The molecule has 0 aliphatic carbocycles. The molecular formula is C11H17N3. The van der Waals surface area contributed by atoms with E-state index in [0.717, 1.165) is 26.2 Å². The fourth-order valence-corrected chi connectivity index (χ4v) is 1.84. The number of piperazine rings is 1. The van der Waals surface area contributed by atoms with E-state index >= 15 is 0 Å². The maximum absolute atomic E-state index is 4.03. The van der Waals surface area contributed by atoms with Crippen LogP contribution >= 0.6 is 0 Å². The minimum atomic E-state index is 0.636. The standard InChI is InChI=1S/C11H17N3/c1-10-8-13-6-7-14(10)9-11-2-4-12-5-3-11/h2-5,10,13H,6-9H2,1H3. The molecule has 0 spiro atoms. The Morgan fingerprint density at radius 2 is 2.29 bits per heavy atom. The Morgan fingerprint density at radius 3 is 3.00 bits per heavy atom. The van der Waals surface area contributed by atoms with Gasteiger partial charge in [-0.3, -0.25) is 9.88 Å². The van der Waals surface area contributed by atoms with Gasteiger partial charge in [0.2, 0.25) is 0 Å². The number of rotatable bonds is 2. The Kier molecular flexibility index (Phi) is 3.11. The Morgan fingerprint density at radius 1 is 1.50 bits per heavy atom. The summed E-state index contributed by atoms with van der Waals surface area (Å²) in [5, 5.41) is 3.40. The Labute approximate surface area is 85.1 Å². The minimum Gasteiger partial charge on any atom is -0.314 e. The number of aromatic nitrogens is 1. The second-order valence-electron chi connectivity index (χ2n) is 3.88. The molecule has 3 nitrogen and oxygen atoms in total. The summed E-state index contributed by atoms with van der Waals surface area (Å²) in [4.78, 5) is 6.53. The maximum atomic E-state index is 4.03. The molecular weight excluding hydrogens is 174 g/mol. The average molecular weight is 191 g/mol. The van der Waals surface area contributed by atoms with Crippen LogP contribution in [-0.2, 0) is 6.54 Å². The van der Waals surface area contributed by atoms with Gasteiger partial charge >= 0.3 is 0 Å². The second-order valence-corrected chi connectivity index (χ2v) is 3.88. The summed E-state index contributed by atoms with van der Waals surface area (Å²) >= 11 is 0. The molecule has 1 aromatic rings. The molecule has 3 heteroatoms. The van der Waals surface area contributed by atoms with Gasteiger partial charge in [-0.2, -0.15) is 0 Å². The zero-order valence-electron chi connectivity index (χ0n) is 8.61. The fraction of sp³-hybridized carbons (Fsp3) is 0.545. The van der Waals surface area contributed by atoms with Crippen LogP contribution in [0.2, 0.25) is 0 Å². The lowest BCUT2D eigenvalue weighted by Crippen LogP contribution is -2.49. The highest BCUT2D eigenvalue weighted by atomic mass is 15.2. The van der Waals surface area contributed by atoms with Gasteiger partial charge in [0.15, 0.2) is 0 Å². The molecule has 1 aliphatic heterocycles. The normalized spacial score (nSPS) is 23.6. The van der Waals surface area contributed by atoms with Crippen molar-refractivity contribution in [3.8, 4) is 0 Å². The molecule has 1 saturated heterocycles. The first-order valence-electron chi connectivity index (χ1n) is 5.20. The first-order chi connectivity index (χ1) is 6.86. The summed E-state index contributed by atoms with van der Waals surface area (Å²) in [6.07, 6.45) is 3.73. The monoisotopic (exact) mass is 191 g/mol. The second kappa shape index (κ2) is 4.53. The van der Waals surface area contributed by atoms with Crippen molar-refractivity contribution in [1.82, 2.24) is 15.2 Å². The van der Waals surface area contributed by atoms with E-state index in [4.69, 9.17) is 0 Å². The Bertz CT molecular complexity index is 273.